The molecule has 0 aliphatic carbocycles. The average molecular weight is 852 g/mol. The summed E-state index contributed by atoms with van der Waals surface area (Å²) >= 11 is 0. The summed E-state index contributed by atoms with van der Waals surface area (Å²) in [5, 5.41) is 0. The Morgan fingerprint density at radius 1 is 0.508 bits per heavy atom. The summed E-state index contributed by atoms with van der Waals surface area (Å²) in [4.78, 5) is 34.9. The van der Waals surface area contributed by atoms with Crippen LogP contribution in [0.4, 0.5) is 0 Å². The molecule has 0 heterocycles. The van der Waals surface area contributed by atoms with Crippen LogP contribution in [0.1, 0.15) is 219 Å². The largest absolute Gasteiger partial charge is 0.472 e. The lowest BCUT2D eigenvalue weighted by Crippen LogP contribution is -2.29. The lowest BCUT2D eigenvalue weighted by Gasteiger charge is -2.19. The summed E-state index contributed by atoms with van der Waals surface area (Å²) in [5.41, 5.74) is 5.36. The van der Waals surface area contributed by atoms with Crippen molar-refractivity contribution in [2.24, 2.45) is 5.73 Å². The highest BCUT2D eigenvalue weighted by Gasteiger charge is 2.26. The molecule has 0 spiro atoms. The second kappa shape index (κ2) is 45.5. The van der Waals surface area contributed by atoms with Crippen molar-refractivity contribution in [3.8, 4) is 0 Å². The van der Waals surface area contributed by atoms with Gasteiger partial charge in [0.05, 0.1) is 13.2 Å². The first-order chi connectivity index (χ1) is 28.8. The number of esters is 2. The van der Waals surface area contributed by atoms with Gasteiger partial charge in [-0.3, -0.25) is 18.6 Å². The van der Waals surface area contributed by atoms with Crippen LogP contribution >= 0.6 is 7.82 Å². The van der Waals surface area contributed by atoms with E-state index < -0.39 is 32.5 Å². The predicted molar refractivity (Wildman–Crippen MR) is 247 cm³/mol. The Hall–Kier alpha value is -2.03. The number of carbonyl (C=O) groups excluding carboxylic acids is 2. The zero-order chi connectivity index (χ0) is 43.2. The van der Waals surface area contributed by atoms with Crippen molar-refractivity contribution in [1.82, 2.24) is 0 Å². The first kappa shape index (κ1) is 57.0. The van der Waals surface area contributed by atoms with E-state index in [1.165, 1.54) is 135 Å². The molecule has 59 heavy (non-hydrogen) atoms. The first-order valence-corrected chi connectivity index (χ1v) is 25.6. The van der Waals surface area contributed by atoms with Gasteiger partial charge in [0.1, 0.15) is 6.61 Å². The summed E-state index contributed by atoms with van der Waals surface area (Å²) < 4.78 is 32.8. The summed E-state index contributed by atoms with van der Waals surface area (Å²) in [7, 11) is -4.39. The van der Waals surface area contributed by atoms with E-state index in [9.17, 15) is 19.0 Å². The monoisotopic (exact) mass is 852 g/mol. The number of ether oxygens (including phenoxy) is 2. The minimum Gasteiger partial charge on any atom is -0.462 e. The molecule has 1 unspecified atom stereocenters. The normalized spacial score (nSPS) is 13.6. The number of nitrogens with two attached hydrogens (primary N) is 1. The van der Waals surface area contributed by atoms with Crippen molar-refractivity contribution in [2.45, 2.75) is 225 Å². The maximum absolute atomic E-state index is 12.6. The Kier molecular flexibility index (Phi) is 43.9. The standard InChI is InChI=1S/C49H90NO8P/c1-3-5-7-9-11-13-15-17-19-21-22-23-24-26-28-30-32-34-36-38-40-42-49(52)58-47(46-57-59(53,54)56-44-43-50)45-55-48(51)41-39-37-35-33-31-29-27-25-20-18-16-14-12-10-8-6-4-2/h12,14,18,20,27,29,33,35,47H,3-11,13,15-17,19,21-26,28,30-32,34,36-46,50H2,1-2H3,(H,53,54)/b14-12+,20-18+,29-27+,35-33+/t47-/m1/s1. The number of rotatable bonds is 45. The smallest absolute Gasteiger partial charge is 0.462 e. The number of allylic oxidation sites excluding steroid dienone is 8. The topological polar surface area (TPSA) is 134 Å². The van der Waals surface area contributed by atoms with Gasteiger partial charge in [0.15, 0.2) is 6.10 Å². The van der Waals surface area contributed by atoms with E-state index in [0.29, 0.717) is 12.8 Å². The first-order valence-electron chi connectivity index (χ1n) is 24.1. The summed E-state index contributed by atoms with van der Waals surface area (Å²) in [5.74, 6) is -0.888. The second-order valence-corrected chi connectivity index (χ2v) is 17.4. The van der Waals surface area contributed by atoms with Crippen LogP contribution in [0.25, 0.3) is 0 Å². The maximum atomic E-state index is 12.6. The van der Waals surface area contributed by atoms with Crippen LogP contribution in [0.2, 0.25) is 0 Å². The van der Waals surface area contributed by atoms with E-state index in [0.717, 1.165) is 44.9 Å². The van der Waals surface area contributed by atoms with E-state index >= 15 is 0 Å². The molecule has 0 aromatic heterocycles. The van der Waals surface area contributed by atoms with Gasteiger partial charge in [0, 0.05) is 19.4 Å². The lowest BCUT2D eigenvalue weighted by atomic mass is 10.0. The Morgan fingerprint density at radius 3 is 1.36 bits per heavy atom. The molecule has 344 valence electrons. The molecule has 0 bridgehead atoms. The van der Waals surface area contributed by atoms with Crippen LogP contribution < -0.4 is 5.73 Å². The summed E-state index contributed by atoms with van der Waals surface area (Å²) in [6.45, 7) is 3.67. The van der Waals surface area contributed by atoms with Gasteiger partial charge in [-0.25, -0.2) is 4.57 Å². The van der Waals surface area contributed by atoms with Crippen LogP contribution in [0.3, 0.4) is 0 Å². The maximum Gasteiger partial charge on any atom is 0.472 e. The van der Waals surface area contributed by atoms with Crippen molar-refractivity contribution in [3.05, 3.63) is 48.6 Å². The van der Waals surface area contributed by atoms with E-state index in [4.69, 9.17) is 24.3 Å². The van der Waals surface area contributed by atoms with Crippen LogP contribution in [-0.4, -0.2) is 49.3 Å². The Labute approximate surface area is 362 Å². The molecule has 2 atom stereocenters. The highest BCUT2D eigenvalue weighted by atomic mass is 31.2. The summed E-state index contributed by atoms with van der Waals surface area (Å²) in [6.07, 6.45) is 53.0. The number of phosphoric acid groups is 1. The van der Waals surface area contributed by atoms with Gasteiger partial charge < -0.3 is 20.1 Å². The van der Waals surface area contributed by atoms with E-state index in [-0.39, 0.29) is 32.6 Å². The molecule has 0 rings (SSSR count). The molecule has 0 aliphatic rings. The van der Waals surface area contributed by atoms with Crippen molar-refractivity contribution in [2.75, 3.05) is 26.4 Å². The molecule has 0 aliphatic heterocycles. The highest BCUT2D eigenvalue weighted by Crippen LogP contribution is 2.43. The van der Waals surface area contributed by atoms with Crippen molar-refractivity contribution in [1.29, 1.82) is 0 Å². The predicted octanol–water partition coefficient (Wildman–Crippen LogP) is 14.3. The third-order valence-corrected chi connectivity index (χ3v) is 11.2. The molecule has 0 saturated carbocycles. The van der Waals surface area contributed by atoms with Gasteiger partial charge in [-0.2, -0.15) is 0 Å². The summed E-state index contributed by atoms with van der Waals surface area (Å²) in [6, 6.07) is 0. The second-order valence-electron chi connectivity index (χ2n) is 16.0. The number of hydrogen-bond acceptors (Lipinski definition) is 8. The minimum absolute atomic E-state index is 0.0461. The third-order valence-electron chi connectivity index (χ3n) is 10.2. The molecule has 10 heteroatoms. The molecule has 0 saturated heterocycles. The molecule has 0 amide bonds. The molecule has 0 aromatic rings. The van der Waals surface area contributed by atoms with Crippen molar-refractivity contribution < 1.29 is 37.6 Å². The fourth-order valence-corrected chi connectivity index (χ4v) is 7.39. The average Bonchev–Trinajstić information content (AvgIpc) is 3.22. The molecular formula is C49H90NO8P. The van der Waals surface area contributed by atoms with E-state index in [1.54, 1.807) is 0 Å². The highest BCUT2D eigenvalue weighted by molar-refractivity contribution is 7.47. The molecule has 0 fully saturated rings. The van der Waals surface area contributed by atoms with Crippen LogP contribution in [0, 0.1) is 0 Å². The van der Waals surface area contributed by atoms with Gasteiger partial charge in [-0.1, -0.05) is 204 Å². The van der Waals surface area contributed by atoms with E-state index in [2.05, 4.69) is 62.5 Å². The molecule has 0 radical (unpaired) electrons. The van der Waals surface area contributed by atoms with Crippen molar-refractivity contribution in [3.63, 3.8) is 0 Å². The van der Waals surface area contributed by atoms with Crippen LogP contribution in [0.15, 0.2) is 48.6 Å². The number of hydrogen-bond donors (Lipinski definition) is 2. The number of phosphoric ester groups is 1. The molecule has 9 nitrogen and oxygen atoms in total. The third kappa shape index (κ3) is 45.3. The fraction of sp³-hybridized carbons (Fsp3) is 0.796. The van der Waals surface area contributed by atoms with Gasteiger partial charge in [-0.05, 0) is 51.4 Å². The van der Waals surface area contributed by atoms with Crippen LogP contribution in [-0.2, 0) is 32.7 Å². The molecule has 0 aromatic carbocycles. The SMILES string of the molecule is CCCCC/C=C/C/C=C/C/C=C/C/C=C/CCCC(=O)OC[C@H](COP(=O)(O)OCCN)OC(=O)CCCCCCCCCCCCCCCCCCCCCCC. The van der Waals surface area contributed by atoms with Gasteiger partial charge in [-0.15, -0.1) is 0 Å². The van der Waals surface area contributed by atoms with Gasteiger partial charge >= 0.3 is 19.8 Å². The van der Waals surface area contributed by atoms with E-state index in [1.807, 2.05) is 0 Å². The molecule has 3 N–H and O–H groups in total. The van der Waals surface area contributed by atoms with Gasteiger partial charge in [0.25, 0.3) is 0 Å². The number of unbranched alkanes of at least 4 members (excludes halogenated alkanes) is 24. The zero-order valence-electron chi connectivity index (χ0n) is 38.0. The van der Waals surface area contributed by atoms with Gasteiger partial charge in [0.2, 0.25) is 0 Å². The zero-order valence-corrected chi connectivity index (χ0v) is 38.9. The Balaban J connectivity index is 4.13. The Bertz CT molecular complexity index is 1110. The van der Waals surface area contributed by atoms with Crippen molar-refractivity contribution >= 4 is 19.8 Å². The fourth-order valence-electron chi connectivity index (χ4n) is 6.63. The Morgan fingerprint density at radius 2 is 0.898 bits per heavy atom. The van der Waals surface area contributed by atoms with Crippen LogP contribution in [0.5, 0.6) is 0 Å². The minimum atomic E-state index is -4.39. The number of carbonyl (C=O) groups is 2. The quantitative estimate of drug-likeness (QED) is 0.0266. The lowest BCUT2D eigenvalue weighted by molar-refractivity contribution is -0.161. The molecular weight excluding hydrogens is 762 g/mol.